The van der Waals surface area contributed by atoms with Gasteiger partial charge in [0, 0.05) is 0 Å². The van der Waals surface area contributed by atoms with Gasteiger partial charge in [-0.05, 0) is 43.5 Å². The maximum absolute atomic E-state index is 12.3. The van der Waals surface area contributed by atoms with Gasteiger partial charge in [-0.25, -0.2) is 13.1 Å². The van der Waals surface area contributed by atoms with E-state index in [2.05, 4.69) is 36.6 Å². The first-order chi connectivity index (χ1) is 9.44. The second-order valence-corrected chi connectivity index (χ2v) is 9.39. The predicted molar refractivity (Wildman–Crippen MR) is 86.3 cm³/mol. The van der Waals surface area contributed by atoms with Crippen LogP contribution in [0.1, 0.15) is 11.6 Å². The molecule has 0 saturated heterocycles. The Balaban J connectivity index is 2.29. The van der Waals surface area contributed by atoms with Crippen molar-refractivity contribution in [3.63, 3.8) is 0 Å². The fraction of sp³-hybridized carbons (Fsp3) is 0.167. The molecule has 108 valence electrons. The first kappa shape index (κ1) is 16.1. The van der Waals surface area contributed by atoms with E-state index in [-0.39, 0.29) is 11.5 Å². The summed E-state index contributed by atoms with van der Waals surface area (Å²) in [4.78, 5) is 0.156. The van der Waals surface area contributed by atoms with E-state index < -0.39 is 16.1 Å². The van der Waals surface area contributed by atoms with E-state index in [4.69, 9.17) is 0 Å². The van der Waals surface area contributed by atoms with Gasteiger partial charge < -0.3 is 5.11 Å². The third-order valence-corrected chi connectivity index (χ3v) is 6.82. The third kappa shape index (κ3) is 3.69. The SMILES string of the molecule is O=S(=O)(N[C@@H](CO)c1ccccc1)c1cc(Br)sc1Br. The predicted octanol–water partition coefficient (Wildman–Crippen LogP) is 3.29. The van der Waals surface area contributed by atoms with Crippen molar-refractivity contribution in [3.05, 3.63) is 49.5 Å². The molecule has 0 radical (unpaired) electrons. The Hall–Kier alpha value is -0.250. The lowest BCUT2D eigenvalue weighted by Crippen LogP contribution is -2.30. The second-order valence-electron chi connectivity index (χ2n) is 3.96. The summed E-state index contributed by atoms with van der Waals surface area (Å²) in [5.74, 6) is 0. The lowest BCUT2D eigenvalue weighted by atomic mass is 10.1. The van der Waals surface area contributed by atoms with Crippen molar-refractivity contribution >= 4 is 53.2 Å². The lowest BCUT2D eigenvalue weighted by Gasteiger charge is -2.16. The molecule has 0 spiro atoms. The van der Waals surface area contributed by atoms with Gasteiger partial charge in [-0.1, -0.05) is 30.3 Å². The minimum Gasteiger partial charge on any atom is -0.394 e. The Morgan fingerprint density at radius 2 is 1.90 bits per heavy atom. The first-order valence-electron chi connectivity index (χ1n) is 5.57. The molecule has 2 aromatic rings. The molecule has 20 heavy (non-hydrogen) atoms. The Morgan fingerprint density at radius 1 is 1.25 bits per heavy atom. The minimum absolute atomic E-state index is 0.156. The van der Waals surface area contributed by atoms with Gasteiger partial charge in [-0.15, -0.1) is 11.3 Å². The van der Waals surface area contributed by atoms with Gasteiger partial charge in [0.2, 0.25) is 10.0 Å². The van der Waals surface area contributed by atoms with Crippen molar-refractivity contribution in [2.45, 2.75) is 10.9 Å². The number of nitrogens with one attached hydrogen (secondary N) is 1. The number of benzene rings is 1. The van der Waals surface area contributed by atoms with Crippen molar-refractivity contribution in [3.8, 4) is 0 Å². The number of aliphatic hydroxyl groups is 1. The van der Waals surface area contributed by atoms with Gasteiger partial charge in [-0.2, -0.15) is 0 Å². The van der Waals surface area contributed by atoms with E-state index in [1.165, 1.54) is 17.4 Å². The smallest absolute Gasteiger partial charge is 0.243 e. The lowest BCUT2D eigenvalue weighted by molar-refractivity contribution is 0.259. The van der Waals surface area contributed by atoms with Crippen LogP contribution in [-0.4, -0.2) is 20.1 Å². The van der Waals surface area contributed by atoms with Crippen molar-refractivity contribution < 1.29 is 13.5 Å². The average Bonchev–Trinajstić information content (AvgIpc) is 2.77. The molecule has 1 atom stereocenters. The van der Waals surface area contributed by atoms with E-state index in [1.807, 2.05) is 6.07 Å². The molecule has 0 unspecified atom stereocenters. The maximum Gasteiger partial charge on any atom is 0.243 e. The van der Waals surface area contributed by atoms with Gasteiger partial charge in [-0.3, -0.25) is 0 Å². The van der Waals surface area contributed by atoms with Crippen LogP contribution in [0.5, 0.6) is 0 Å². The van der Waals surface area contributed by atoms with Crippen LogP contribution in [0.2, 0.25) is 0 Å². The average molecular weight is 441 g/mol. The summed E-state index contributed by atoms with van der Waals surface area (Å²) < 4.78 is 28.4. The van der Waals surface area contributed by atoms with Crippen LogP contribution in [-0.2, 0) is 10.0 Å². The van der Waals surface area contributed by atoms with E-state index in [0.29, 0.717) is 13.1 Å². The van der Waals surface area contributed by atoms with E-state index in [9.17, 15) is 13.5 Å². The van der Waals surface area contributed by atoms with Crippen molar-refractivity contribution in [2.75, 3.05) is 6.61 Å². The van der Waals surface area contributed by atoms with Crippen LogP contribution in [0.3, 0.4) is 0 Å². The van der Waals surface area contributed by atoms with Crippen LogP contribution in [0.15, 0.2) is 48.9 Å². The fourth-order valence-electron chi connectivity index (χ4n) is 1.66. The molecule has 0 aliphatic rings. The molecule has 1 heterocycles. The van der Waals surface area contributed by atoms with Crippen LogP contribution < -0.4 is 4.72 Å². The molecule has 0 fully saturated rings. The van der Waals surface area contributed by atoms with Gasteiger partial charge >= 0.3 is 0 Å². The highest BCUT2D eigenvalue weighted by Gasteiger charge is 2.24. The third-order valence-electron chi connectivity index (χ3n) is 2.60. The van der Waals surface area contributed by atoms with Gasteiger partial charge in [0.25, 0.3) is 0 Å². The molecule has 0 aliphatic carbocycles. The quantitative estimate of drug-likeness (QED) is 0.749. The molecular weight excluding hydrogens is 430 g/mol. The topological polar surface area (TPSA) is 66.4 Å². The standard InChI is InChI=1S/C12H11Br2NO3S2/c13-11-6-10(12(14)19-11)20(17,18)15-9(7-16)8-4-2-1-3-5-8/h1-6,9,15-16H,7H2/t9-/m0/s1. The van der Waals surface area contributed by atoms with E-state index in [1.54, 1.807) is 24.3 Å². The molecule has 8 heteroatoms. The van der Waals surface area contributed by atoms with Gasteiger partial charge in [0.15, 0.2) is 0 Å². The number of halogens is 2. The molecule has 1 aromatic heterocycles. The number of rotatable bonds is 5. The van der Waals surface area contributed by atoms with Crippen LogP contribution in [0.25, 0.3) is 0 Å². The number of sulfonamides is 1. The zero-order chi connectivity index (χ0) is 14.8. The van der Waals surface area contributed by atoms with Gasteiger partial charge in [0.05, 0.1) is 20.2 Å². The van der Waals surface area contributed by atoms with Crippen molar-refractivity contribution in [1.82, 2.24) is 4.72 Å². The molecule has 2 N–H and O–H groups in total. The first-order valence-corrected chi connectivity index (χ1v) is 9.45. The Labute approximate surface area is 138 Å². The molecule has 0 saturated carbocycles. The number of hydrogen-bond acceptors (Lipinski definition) is 4. The molecule has 1 aromatic carbocycles. The highest BCUT2D eigenvalue weighted by molar-refractivity contribution is 9.12. The number of hydrogen-bond donors (Lipinski definition) is 2. The Bertz CT molecular complexity index is 686. The van der Waals surface area contributed by atoms with Crippen molar-refractivity contribution in [1.29, 1.82) is 0 Å². The largest absolute Gasteiger partial charge is 0.394 e. The summed E-state index contributed by atoms with van der Waals surface area (Å²) in [5, 5.41) is 9.42. The Morgan fingerprint density at radius 3 is 2.40 bits per heavy atom. The highest BCUT2D eigenvalue weighted by Crippen LogP contribution is 2.35. The van der Waals surface area contributed by atoms with Crippen LogP contribution in [0.4, 0.5) is 0 Å². The Kier molecular flexibility index (Phi) is 5.38. The zero-order valence-electron chi connectivity index (χ0n) is 10.1. The minimum atomic E-state index is -3.71. The molecule has 2 rings (SSSR count). The van der Waals surface area contributed by atoms with Gasteiger partial charge in [0.1, 0.15) is 4.90 Å². The summed E-state index contributed by atoms with van der Waals surface area (Å²) >= 11 is 7.76. The number of thiophene rings is 1. The summed E-state index contributed by atoms with van der Waals surface area (Å²) in [7, 11) is -3.71. The van der Waals surface area contributed by atoms with Crippen LogP contribution >= 0.6 is 43.2 Å². The summed E-state index contributed by atoms with van der Waals surface area (Å²) in [6.07, 6.45) is 0. The van der Waals surface area contributed by atoms with E-state index >= 15 is 0 Å². The molecule has 4 nitrogen and oxygen atoms in total. The summed E-state index contributed by atoms with van der Waals surface area (Å²) in [6, 6.07) is 9.80. The highest BCUT2D eigenvalue weighted by atomic mass is 79.9. The van der Waals surface area contributed by atoms with Crippen LogP contribution in [0, 0.1) is 0 Å². The summed E-state index contributed by atoms with van der Waals surface area (Å²) in [5.41, 5.74) is 0.712. The fourth-order valence-corrected chi connectivity index (χ4v) is 6.68. The molecule has 0 aliphatic heterocycles. The normalized spacial score (nSPS) is 13.3. The molecule has 0 bridgehead atoms. The van der Waals surface area contributed by atoms with Crippen molar-refractivity contribution in [2.24, 2.45) is 0 Å². The molecular formula is C12H11Br2NO3S2. The summed E-state index contributed by atoms with van der Waals surface area (Å²) in [6.45, 7) is -0.313. The maximum atomic E-state index is 12.3. The number of aliphatic hydroxyl groups excluding tert-OH is 1. The van der Waals surface area contributed by atoms with E-state index in [0.717, 1.165) is 0 Å². The molecule has 0 amide bonds. The zero-order valence-corrected chi connectivity index (χ0v) is 14.9. The second kappa shape index (κ2) is 6.67. The monoisotopic (exact) mass is 439 g/mol.